The Kier molecular flexibility index (Phi) is 7.55. The molecule has 150 valence electrons. The highest BCUT2D eigenvalue weighted by molar-refractivity contribution is 5.88. The molecule has 0 bridgehead atoms. The van der Waals surface area contributed by atoms with Gasteiger partial charge in [-0.25, -0.2) is 4.79 Å². The molecule has 3 amide bonds. The smallest absolute Gasteiger partial charge is 0.320 e. The molecule has 1 aromatic carbocycles. The number of aliphatic carboxylic acids is 1. The van der Waals surface area contributed by atoms with Crippen LogP contribution in [0, 0.1) is 0 Å². The van der Waals surface area contributed by atoms with Crippen molar-refractivity contribution in [3.8, 4) is 0 Å². The van der Waals surface area contributed by atoms with Crippen molar-refractivity contribution >= 4 is 23.7 Å². The van der Waals surface area contributed by atoms with Crippen molar-refractivity contribution in [3.63, 3.8) is 0 Å². The number of hydrogen-bond donors (Lipinski definition) is 3. The summed E-state index contributed by atoms with van der Waals surface area (Å²) >= 11 is 0. The van der Waals surface area contributed by atoms with Gasteiger partial charge in [-0.15, -0.1) is 0 Å². The maximum atomic E-state index is 12.3. The molecule has 9 nitrogen and oxygen atoms in total. The number of nitrogens with one attached hydrogen (secondary N) is 2. The summed E-state index contributed by atoms with van der Waals surface area (Å²) in [4.78, 5) is 36.4. The molecule has 0 saturated heterocycles. The monoisotopic (exact) mass is 387 g/mol. The van der Waals surface area contributed by atoms with E-state index in [4.69, 9.17) is 5.11 Å². The molecule has 0 aliphatic carbocycles. The predicted octanol–water partition coefficient (Wildman–Crippen LogP) is 1.57. The highest BCUT2D eigenvalue weighted by atomic mass is 16.4. The first kappa shape index (κ1) is 20.9. The second kappa shape index (κ2) is 10.1. The van der Waals surface area contributed by atoms with Crippen molar-refractivity contribution in [3.05, 3.63) is 48.2 Å². The Morgan fingerprint density at radius 2 is 1.89 bits per heavy atom. The van der Waals surface area contributed by atoms with Gasteiger partial charge in [0.25, 0.3) is 0 Å². The normalized spacial score (nSPS) is 11.5. The van der Waals surface area contributed by atoms with Gasteiger partial charge < -0.3 is 15.3 Å². The summed E-state index contributed by atoms with van der Waals surface area (Å²) in [6, 6.07) is 10.3. The Balaban J connectivity index is 1.94. The van der Waals surface area contributed by atoms with E-state index in [0.29, 0.717) is 18.7 Å². The van der Waals surface area contributed by atoms with E-state index in [2.05, 4.69) is 15.7 Å². The van der Waals surface area contributed by atoms with Gasteiger partial charge >= 0.3 is 12.0 Å². The van der Waals surface area contributed by atoms with Crippen LogP contribution in [0.4, 0.5) is 10.6 Å². The quantitative estimate of drug-likeness (QED) is 0.604. The van der Waals surface area contributed by atoms with Gasteiger partial charge in [-0.2, -0.15) is 5.10 Å². The molecule has 0 aliphatic rings. The van der Waals surface area contributed by atoms with Crippen LogP contribution in [0.3, 0.4) is 0 Å². The van der Waals surface area contributed by atoms with Gasteiger partial charge in [0.15, 0.2) is 5.82 Å². The number of carboxylic acid groups (broad SMARTS) is 1. The second-order valence-electron chi connectivity index (χ2n) is 6.60. The summed E-state index contributed by atoms with van der Waals surface area (Å²) in [6.45, 7) is 0.0749. The molecule has 0 aliphatic heterocycles. The molecule has 1 aromatic heterocycles. The molecule has 2 aromatic rings. The molecule has 0 spiro atoms. The molecule has 0 fully saturated rings. The lowest BCUT2D eigenvalue weighted by molar-refractivity contribution is -0.137. The average molecular weight is 387 g/mol. The van der Waals surface area contributed by atoms with Gasteiger partial charge in [0.2, 0.25) is 5.91 Å². The van der Waals surface area contributed by atoms with E-state index in [0.717, 1.165) is 5.56 Å². The number of aromatic nitrogens is 2. The minimum Gasteiger partial charge on any atom is -0.481 e. The number of likely N-dealkylation sites (N-methyl/N-ethyl adjacent to an activating group) is 1. The molecule has 28 heavy (non-hydrogen) atoms. The zero-order valence-corrected chi connectivity index (χ0v) is 16.0. The summed E-state index contributed by atoms with van der Waals surface area (Å²) in [5, 5.41) is 18.5. The van der Waals surface area contributed by atoms with Crippen LogP contribution < -0.4 is 10.6 Å². The van der Waals surface area contributed by atoms with Gasteiger partial charge in [0.05, 0.1) is 0 Å². The van der Waals surface area contributed by atoms with Crippen molar-refractivity contribution in [2.45, 2.75) is 31.8 Å². The Bertz CT molecular complexity index is 804. The summed E-state index contributed by atoms with van der Waals surface area (Å²) in [5.74, 6) is -0.721. The zero-order valence-electron chi connectivity index (χ0n) is 16.0. The topological polar surface area (TPSA) is 117 Å². The van der Waals surface area contributed by atoms with Crippen LogP contribution in [0.5, 0.6) is 0 Å². The minimum atomic E-state index is -0.912. The minimum absolute atomic E-state index is 0.0426. The molecular formula is C19H25N5O4. The third-order valence-corrected chi connectivity index (χ3v) is 4.05. The van der Waals surface area contributed by atoms with E-state index in [9.17, 15) is 14.4 Å². The number of benzene rings is 1. The predicted molar refractivity (Wildman–Crippen MR) is 104 cm³/mol. The molecule has 1 atom stereocenters. The Morgan fingerprint density at radius 1 is 1.18 bits per heavy atom. The lowest BCUT2D eigenvalue weighted by Gasteiger charge is -2.18. The van der Waals surface area contributed by atoms with Crippen molar-refractivity contribution in [2.75, 3.05) is 19.4 Å². The molecule has 0 saturated carbocycles. The first-order chi connectivity index (χ1) is 13.3. The lowest BCUT2D eigenvalue weighted by Crippen LogP contribution is -2.39. The SMILES string of the molecule is CN(C)C(=O)Cn1ccc(NC(=O)NC(CCC(=O)O)Cc2ccccc2)n1. The fourth-order valence-electron chi connectivity index (χ4n) is 2.56. The van der Waals surface area contributed by atoms with E-state index in [-0.39, 0.29) is 24.9 Å². The van der Waals surface area contributed by atoms with Crippen molar-refractivity contribution in [1.29, 1.82) is 0 Å². The maximum absolute atomic E-state index is 12.3. The highest BCUT2D eigenvalue weighted by Gasteiger charge is 2.16. The largest absolute Gasteiger partial charge is 0.481 e. The molecule has 2 rings (SSSR count). The Hall–Kier alpha value is -3.36. The summed E-state index contributed by atoms with van der Waals surface area (Å²) in [7, 11) is 3.31. The molecule has 1 unspecified atom stereocenters. The number of carboxylic acids is 1. The molecule has 9 heteroatoms. The Labute approximate surface area is 163 Å². The van der Waals surface area contributed by atoms with Crippen molar-refractivity contribution in [1.82, 2.24) is 20.0 Å². The molecule has 3 N–H and O–H groups in total. The lowest BCUT2D eigenvalue weighted by atomic mass is 10.0. The van der Waals surface area contributed by atoms with E-state index < -0.39 is 12.0 Å². The number of amides is 3. The molecular weight excluding hydrogens is 362 g/mol. The van der Waals surface area contributed by atoms with Crippen LogP contribution in [0.25, 0.3) is 0 Å². The van der Waals surface area contributed by atoms with Gasteiger partial charge in [-0.05, 0) is 18.4 Å². The third kappa shape index (κ3) is 7.10. The van der Waals surface area contributed by atoms with Crippen LogP contribution >= 0.6 is 0 Å². The molecule has 1 heterocycles. The van der Waals surface area contributed by atoms with Crippen LogP contribution in [0.1, 0.15) is 18.4 Å². The number of carbonyl (C=O) groups is 3. The summed E-state index contributed by atoms with van der Waals surface area (Å²) in [5.41, 5.74) is 1.00. The fraction of sp³-hybridized carbons (Fsp3) is 0.368. The van der Waals surface area contributed by atoms with Gasteiger partial charge in [-0.3, -0.25) is 19.6 Å². The highest BCUT2D eigenvalue weighted by Crippen LogP contribution is 2.09. The van der Waals surface area contributed by atoms with Crippen LogP contribution in [0.2, 0.25) is 0 Å². The third-order valence-electron chi connectivity index (χ3n) is 4.05. The fourth-order valence-corrected chi connectivity index (χ4v) is 2.56. The summed E-state index contributed by atoms with van der Waals surface area (Å²) < 4.78 is 1.43. The van der Waals surface area contributed by atoms with E-state index in [1.807, 2.05) is 30.3 Å². The molecule has 0 radical (unpaired) electrons. The Morgan fingerprint density at radius 3 is 2.54 bits per heavy atom. The number of anilines is 1. The first-order valence-electron chi connectivity index (χ1n) is 8.90. The van der Waals surface area contributed by atoms with E-state index in [1.165, 1.54) is 9.58 Å². The van der Waals surface area contributed by atoms with Crippen molar-refractivity contribution < 1.29 is 19.5 Å². The zero-order chi connectivity index (χ0) is 20.5. The van der Waals surface area contributed by atoms with E-state index in [1.54, 1.807) is 26.4 Å². The van der Waals surface area contributed by atoms with Gasteiger partial charge in [0.1, 0.15) is 6.54 Å². The van der Waals surface area contributed by atoms with Gasteiger partial charge in [-0.1, -0.05) is 30.3 Å². The van der Waals surface area contributed by atoms with Crippen LogP contribution in [-0.2, 0) is 22.6 Å². The van der Waals surface area contributed by atoms with E-state index >= 15 is 0 Å². The van der Waals surface area contributed by atoms with Gasteiger partial charge in [0, 0.05) is 38.8 Å². The van der Waals surface area contributed by atoms with Crippen molar-refractivity contribution in [2.24, 2.45) is 0 Å². The summed E-state index contributed by atoms with van der Waals surface area (Å²) in [6.07, 6.45) is 2.39. The first-order valence-corrected chi connectivity index (χ1v) is 8.90. The average Bonchev–Trinajstić information content (AvgIpc) is 3.07. The standard InChI is InChI=1S/C19H25N5O4/c1-23(2)17(25)13-24-11-10-16(22-24)21-19(28)20-15(8-9-18(26)27)12-14-6-4-3-5-7-14/h3-7,10-11,15H,8-9,12-13H2,1-2H3,(H,26,27)(H2,20,21,22,28). The number of urea groups is 1. The number of nitrogens with zero attached hydrogens (tertiary/aromatic N) is 3. The van der Waals surface area contributed by atoms with Crippen LogP contribution in [0.15, 0.2) is 42.6 Å². The van der Waals surface area contributed by atoms with Crippen LogP contribution in [-0.4, -0.2) is 57.8 Å². The second-order valence-corrected chi connectivity index (χ2v) is 6.60. The number of carbonyl (C=O) groups excluding carboxylic acids is 2. The number of hydrogen-bond acceptors (Lipinski definition) is 4. The number of rotatable bonds is 9. The maximum Gasteiger partial charge on any atom is 0.320 e.